The van der Waals surface area contributed by atoms with Gasteiger partial charge >= 0.3 is 11.7 Å². The van der Waals surface area contributed by atoms with Crippen molar-refractivity contribution in [3.63, 3.8) is 0 Å². The lowest BCUT2D eigenvalue weighted by atomic mass is 10.1. The second-order valence-corrected chi connectivity index (χ2v) is 5.40. The monoisotopic (exact) mass is 331 g/mol. The Bertz CT molecular complexity index is 940. The Balaban J connectivity index is 2.21. The van der Waals surface area contributed by atoms with Gasteiger partial charge in [-0.25, -0.2) is 9.59 Å². The quantitative estimate of drug-likeness (QED) is 0.614. The molecule has 8 nitrogen and oxygen atoms in total. The summed E-state index contributed by atoms with van der Waals surface area (Å²) >= 11 is 0. The average Bonchev–Trinajstić information content (AvgIpc) is 2.52. The number of aromatic amines is 1. The van der Waals surface area contributed by atoms with Crippen molar-refractivity contribution >= 4 is 17.6 Å². The summed E-state index contributed by atoms with van der Waals surface area (Å²) in [6.45, 7) is 2.91. The van der Waals surface area contributed by atoms with Gasteiger partial charge < -0.3 is 10.5 Å². The van der Waals surface area contributed by atoms with E-state index in [2.05, 4.69) is 0 Å². The predicted octanol–water partition coefficient (Wildman–Crippen LogP) is 0.312. The molecule has 0 amide bonds. The third-order valence-corrected chi connectivity index (χ3v) is 3.60. The van der Waals surface area contributed by atoms with Crippen molar-refractivity contribution in [1.29, 1.82) is 0 Å². The van der Waals surface area contributed by atoms with Gasteiger partial charge in [-0.1, -0.05) is 17.7 Å². The standard InChI is InChI=1S/C16H17N3O5/c1-8-4-5-9(2)10(6-8)15(22)24-7-11(20)12-13(17)19(3)16(23)18-14(12)21/h4-6H,7,17H2,1-3H3,(H,18,21,23). The highest BCUT2D eigenvalue weighted by molar-refractivity contribution is 6.02. The molecule has 8 heteroatoms. The Labute approximate surface area is 136 Å². The molecular weight excluding hydrogens is 314 g/mol. The molecule has 1 aromatic carbocycles. The lowest BCUT2D eigenvalue weighted by Gasteiger charge is -2.09. The number of ether oxygens (including phenoxy) is 1. The Hall–Kier alpha value is -3.16. The first-order chi connectivity index (χ1) is 11.2. The first kappa shape index (κ1) is 17.2. The van der Waals surface area contributed by atoms with E-state index in [0.29, 0.717) is 11.1 Å². The van der Waals surface area contributed by atoms with Gasteiger partial charge in [-0.05, 0) is 25.5 Å². The fourth-order valence-corrected chi connectivity index (χ4v) is 2.14. The lowest BCUT2D eigenvalue weighted by molar-refractivity contribution is 0.0473. The maximum atomic E-state index is 12.1. The van der Waals surface area contributed by atoms with E-state index >= 15 is 0 Å². The van der Waals surface area contributed by atoms with Crippen LogP contribution in [-0.4, -0.2) is 27.9 Å². The molecule has 2 aromatic rings. The van der Waals surface area contributed by atoms with E-state index in [1.54, 1.807) is 19.1 Å². The molecule has 0 spiro atoms. The van der Waals surface area contributed by atoms with Gasteiger partial charge in [0.2, 0.25) is 5.78 Å². The van der Waals surface area contributed by atoms with Crippen LogP contribution in [0.5, 0.6) is 0 Å². The number of ketones is 1. The number of carbonyl (C=O) groups excluding carboxylic acids is 2. The van der Waals surface area contributed by atoms with Crippen molar-refractivity contribution in [1.82, 2.24) is 9.55 Å². The van der Waals surface area contributed by atoms with E-state index in [1.165, 1.54) is 7.05 Å². The molecule has 24 heavy (non-hydrogen) atoms. The number of anilines is 1. The number of rotatable bonds is 4. The first-order valence-corrected chi connectivity index (χ1v) is 7.08. The Morgan fingerprint density at radius 2 is 1.92 bits per heavy atom. The summed E-state index contributed by atoms with van der Waals surface area (Å²) < 4.78 is 5.91. The van der Waals surface area contributed by atoms with Crippen LogP contribution in [0.2, 0.25) is 0 Å². The van der Waals surface area contributed by atoms with Gasteiger partial charge in [0.05, 0.1) is 5.56 Å². The third kappa shape index (κ3) is 3.27. The highest BCUT2D eigenvalue weighted by atomic mass is 16.5. The lowest BCUT2D eigenvalue weighted by Crippen LogP contribution is -2.35. The fraction of sp³-hybridized carbons (Fsp3) is 0.250. The molecule has 0 saturated heterocycles. The number of benzene rings is 1. The van der Waals surface area contributed by atoms with Gasteiger partial charge in [-0.2, -0.15) is 0 Å². The summed E-state index contributed by atoms with van der Waals surface area (Å²) in [5.74, 6) is -1.75. The van der Waals surface area contributed by atoms with Gasteiger partial charge in [0.25, 0.3) is 5.56 Å². The van der Waals surface area contributed by atoms with E-state index in [1.807, 2.05) is 18.0 Å². The van der Waals surface area contributed by atoms with Crippen LogP contribution in [0, 0.1) is 13.8 Å². The van der Waals surface area contributed by atoms with Crippen LogP contribution in [0.25, 0.3) is 0 Å². The summed E-state index contributed by atoms with van der Waals surface area (Å²) in [6.07, 6.45) is 0. The number of aromatic nitrogens is 2. The maximum Gasteiger partial charge on any atom is 0.338 e. The topological polar surface area (TPSA) is 124 Å². The van der Waals surface area contributed by atoms with Gasteiger partial charge in [-0.3, -0.25) is 19.1 Å². The molecule has 1 heterocycles. The Morgan fingerprint density at radius 1 is 1.25 bits per heavy atom. The predicted molar refractivity (Wildman–Crippen MR) is 87.2 cm³/mol. The minimum atomic E-state index is -0.914. The minimum Gasteiger partial charge on any atom is -0.454 e. The molecule has 0 fully saturated rings. The van der Waals surface area contributed by atoms with Gasteiger partial charge in [0.1, 0.15) is 11.4 Å². The zero-order valence-corrected chi connectivity index (χ0v) is 13.5. The van der Waals surface area contributed by atoms with E-state index in [9.17, 15) is 19.2 Å². The molecule has 0 atom stereocenters. The van der Waals surface area contributed by atoms with Crippen molar-refractivity contribution in [2.24, 2.45) is 7.05 Å². The zero-order valence-electron chi connectivity index (χ0n) is 13.5. The number of nitrogens with one attached hydrogen (secondary N) is 1. The van der Waals surface area contributed by atoms with Crippen LogP contribution >= 0.6 is 0 Å². The number of H-pyrrole nitrogens is 1. The second-order valence-electron chi connectivity index (χ2n) is 5.40. The van der Waals surface area contributed by atoms with Crippen LogP contribution in [0.4, 0.5) is 5.82 Å². The van der Waals surface area contributed by atoms with Gasteiger partial charge in [-0.15, -0.1) is 0 Å². The molecule has 0 aliphatic carbocycles. The summed E-state index contributed by atoms with van der Waals surface area (Å²) in [6, 6.07) is 5.26. The maximum absolute atomic E-state index is 12.1. The number of aryl methyl sites for hydroxylation is 2. The van der Waals surface area contributed by atoms with E-state index < -0.39 is 35.2 Å². The number of Topliss-reactive ketones (excluding diaryl/α,β-unsaturated/α-hetero) is 1. The van der Waals surface area contributed by atoms with Crippen molar-refractivity contribution in [2.45, 2.75) is 13.8 Å². The summed E-state index contributed by atoms with van der Waals surface area (Å²) in [5, 5.41) is 0. The second kappa shape index (κ2) is 6.53. The van der Waals surface area contributed by atoms with Crippen molar-refractivity contribution in [3.05, 3.63) is 61.3 Å². The van der Waals surface area contributed by atoms with Crippen LogP contribution in [0.1, 0.15) is 31.8 Å². The third-order valence-electron chi connectivity index (χ3n) is 3.60. The van der Waals surface area contributed by atoms with Crippen LogP contribution in [-0.2, 0) is 11.8 Å². The molecule has 0 saturated carbocycles. The Morgan fingerprint density at radius 3 is 2.58 bits per heavy atom. The van der Waals surface area contributed by atoms with Gasteiger partial charge in [0, 0.05) is 7.05 Å². The average molecular weight is 331 g/mol. The smallest absolute Gasteiger partial charge is 0.338 e. The minimum absolute atomic E-state index is 0.281. The SMILES string of the molecule is Cc1ccc(C)c(C(=O)OCC(=O)c2c(N)n(C)c(=O)[nH]c2=O)c1. The van der Waals surface area contributed by atoms with Crippen molar-refractivity contribution in [3.8, 4) is 0 Å². The van der Waals surface area contributed by atoms with E-state index in [0.717, 1.165) is 10.1 Å². The molecular formula is C16H17N3O5. The molecule has 3 N–H and O–H groups in total. The zero-order chi connectivity index (χ0) is 18.0. The fourth-order valence-electron chi connectivity index (χ4n) is 2.14. The molecule has 1 aromatic heterocycles. The highest BCUT2D eigenvalue weighted by Crippen LogP contribution is 2.12. The van der Waals surface area contributed by atoms with E-state index in [4.69, 9.17) is 10.5 Å². The molecule has 0 aliphatic heterocycles. The molecule has 0 unspecified atom stereocenters. The number of carbonyl (C=O) groups is 2. The number of nitrogens with zero attached hydrogens (tertiary/aromatic N) is 1. The van der Waals surface area contributed by atoms with Gasteiger partial charge in [0.15, 0.2) is 6.61 Å². The van der Waals surface area contributed by atoms with Crippen LogP contribution in [0.3, 0.4) is 0 Å². The summed E-state index contributed by atoms with van der Waals surface area (Å²) in [4.78, 5) is 49.4. The number of hydrogen-bond acceptors (Lipinski definition) is 6. The number of hydrogen-bond donors (Lipinski definition) is 2. The van der Waals surface area contributed by atoms with Crippen LogP contribution in [0.15, 0.2) is 27.8 Å². The molecule has 2 rings (SSSR count). The van der Waals surface area contributed by atoms with Crippen molar-refractivity contribution < 1.29 is 14.3 Å². The number of nitrogen functional groups attached to an aromatic ring is 1. The van der Waals surface area contributed by atoms with Crippen LogP contribution < -0.4 is 17.0 Å². The van der Waals surface area contributed by atoms with Crippen molar-refractivity contribution in [2.75, 3.05) is 12.3 Å². The normalized spacial score (nSPS) is 10.5. The Kier molecular flexibility index (Phi) is 4.68. The summed E-state index contributed by atoms with van der Waals surface area (Å²) in [5.41, 5.74) is 5.49. The highest BCUT2D eigenvalue weighted by Gasteiger charge is 2.20. The summed E-state index contributed by atoms with van der Waals surface area (Å²) in [7, 11) is 1.31. The largest absolute Gasteiger partial charge is 0.454 e. The first-order valence-electron chi connectivity index (χ1n) is 7.08. The number of esters is 1. The molecule has 0 radical (unpaired) electrons. The molecule has 0 bridgehead atoms. The molecule has 0 aliphatic rings. The number of nitrogens with two attached hydrogens (primary N) is 1. The molecule has 126 valence electrons. The van der Waals surface area contributed by atoms with E-state index in [-0.39, 0.29) is 5.82 Å².